The van der Waals surface area contributed by atoms with Gasteiger partial charge in [0, 0.05) is 0 Å². The Labute approximate surface area is 95.9 Å². The SMILES string of the molecule is CC(C)C1(N=C=O)CCC(C)(N=C=O)CC1. The fourth-order valence-corrected chi connectivity index (χ4v) is 2.35. The summed E-state index contributed by atoms with van der Waals surface area (Å²) in [7, 11) is 0. The number of nitrogens with zero attached hydrogens (tertiary/aromatic N) is 2. The lowest BCUT2D eigenvalue weighted by Crippen LogP contribution is -2.42. The zero-order valence-corrected chi connectivity index (χ0v) is 10.1. The minimum Gasteiger partial charge on any atom is -0.211 e. The van der Waals surface area contributed by atoms with Gasteiger partial charge in [-0.05, 0) is 38.5 Å². The predicted molar refractivity (Wildman–Crippen MR) is 60.7 cm³/mol. The molecule has 0 amide bonds. The largest absolute Gasteiger partial charge is 0.235 e. The molecule has 1 aliphatic rings. The van der Waals surface area contributed by atoms with Crippen LogP contribution in [-0.4, -0.2) is 23.2 Å². The van der Waals surface area contributed by atoms with Gasteiger partial charge in [0.05, 0.1) is 11.1 Å². The molecule has 0 aromatic rings. The molecule has 0 saturated heterocycles. The maximum absolute atomic E-state index is 10.5. The molecule has 0 radical (unpaired) electrons. The number of hydrogen-bond acceptors (Lipinski definition) is 4. The van der Waals surface area contributed by atoms with Gasteiger partial charge in [0.25, 0.3) is 0 Å². The van der Waals surface area contributed by atoms with Crippen molar-refractivity contribution in [3.8, 4) is 0 Å². The Morgan fingerprint density at radius 2 is 1.50 bits per heavy atom. The minimum absolute atomic E-state index is 0.304. The first-order valence-corrected chi connectivity index (χ1v) is 5.66. The zero-order chi connectivity index (χ0) is 12.2. The summed E-state index contributed by atoms with van der Waals surface area (Å²) in [5.41, 5.74) is -0.627. The highest BCUT2D eigenvalue weighted by Gasteiger charge is 2.42. The number of hydrogen-bond donors (Lipinski definition) is 0. The molecule has 1 saturated carbocycles. The molecule has 0 bridgehead atoms. The normalized spacial score (nSPS) is 34.0. The Kier molecular flexibility index (Phi) is 3.79. The van der Waals surface area contributed by atoms with E-state index in [1.807, 2.05) is 6.92 Å². The maximum Gasteiger partial charge on any atom is 0.235 e. The van der Waals surface area contributed by atoms with Crippen molar-refractivity contribution in [1.82, 2.24) is 0 Å². The van der Waals surface area contributed by atoms with Crippen LogP contribution in [0.4, 0.5) is 0 Å². The lowest BCUT2D eigenvalue weighted by atomic mass is 9.69. The van der Waals surface area contributed by atoms with Crippen LogP contribution in [0.15, 0.2) is 9.98 Å². The van der Waals surface area contributed by atoms with Crippen LogP contribution in [-0.2, 0) is 9.59 Å². The van der Waals surface area contributed by atoms with Crippen molar-refractivity contribution < 1.29 is 9.59 Å². The van der Waals surface area contributed by atoms with E-state index in [1.54, 1.807) is 12.2 Å². The number of isocyanates is 2. The second kappa shape index (κ2) is 4.73. The van der Waals surface area contributed by atoms with E-state index in [0.29, 0.717) is 5.92 Å². The Balaban J connectivity index is 2.85. The van der Waals surface area contributed by atoms with Crippen LogP contribution in [0.2, 0.25) is 0 Å². The molecule has 0 atom stereocenters. The summed E-state index contributed by atoms with van der Waals surface area (Å²) in [6.45, 7) is 6.08. The van der Waals surface area contributed by atoms with Gasteiger partial charge in [-0.3, -0.25) is 0 Å². The Bertz CT molecular complexity index is 342. The van der Waals surface area contributed by atoms with Gasteiger partial charge in [-0.15, -0.1) is 0 Å². The molecule has 4 heteroatoms. The number of aliphatic imine (C=N–C) groups is 2. The maximum atomic E-state index is 10.5. The highest BCUT2D eigenvalue weighted by atomic mass is 16.1. The molecule has 16 heavy (non-hydrogen) atoms. The van der Waals surface area contributed by atoms with Crippen LogP contribution < -0.4 is 0 Å². The van der Waals surface area contributed by atoms with Crippen LogP contribution in [0, 0.1) is 5.92 Å². The molecule has 4 nitrogen and oxygen atoms in total. The van der Waals surface area contributed by atoms with Crippen LogP contribution in [0.1, 0.15) is 46.5 Å². The van der Waals surface area contributed by atoms with Crippen molar-refractivity contribution in [2.24, 2.45) is 15.9 Å². The minimum atomic E-state index is -0.321. The molecule has 0 aliphatic heterocycles. The molecule has 88 valence electrons. The van der Waals surface area contributed by atoms with Gasteiger partial charge in [-0.2, -0.15) is 9.98 Å². The summed E-state index contributed by atoms with van der Waals surface area (Å²) in [5, 5.41) is 0. The van der Waals surface area contributed by atoms with Crippen LogP contribution in [0.3, 0.4) is 0 Å². The number of carbonyl (C=O) groups excluding carboxylic acids is 2. The van der Waals surface area contributed by atoms with Crippen molar-refractivity contribution in [2.75, 3.05) is 0 Å². The molecule has 1 rings (SSSR count). The summed E-state index contributed by atoms with van der Waals surface area (Å²) in [6, 6.07) is 0. The van der Waals surface area contributed by atoms with E-state index >= 15 is 0 Å². The Morgan fingerprint density at radius 1 is 1.00 bits per heavy atom. The summed E-state index contributed by atoms with van der Waals surface area (Å²) in [4.78, 5) is 28.7. The Hall–Kier alpha value is -1.24. The summed E-state index contributed by atoms with van der Waals surface area (Å²) in [5.74, 6) is 0.304. The molecular formula is C12H18N2O2. The lowest BCUT2D eigenvalue weighted by molar-refractivity contribution is 0.171. The van der Waals surface area contributed by atoms with Gasteiger partial charge in [-0.25, -0.2) is 9.59 Å². The lowest BCUT2D eigenvalue weighted by Gasteiger charge is -2.41. The van der Waals surface area contributed by atoms with Gasteiger partial charge in [-0.1, -0.05) is 13.8 Å². The molecule has 1 fully saturated rings. The van der Waals surface area contributed by atoms with Gasteiger partial charge in [0.1, 0.15) is 0 Å². The standard InChI is InChI=1S/C12H18N2O2/c1-10(2)12(14-9-16)6-4-11(3,5-7-12)13-8-15/h10H,4-7H2,1-3H3. The predicted octanol–water partition coefficient (Wildman–Crippen LogP) is 2.39. The second-order valence-corrected chi connectivity index (χ2v) is 5.16. The highest BCUT2D eigenvalue weighted by Crippen LogP contribution is 2.42. The van der Waals surface area contributed by atoms with E-state index in [2.05, 4.69) is 23.8 Å². The second-order valence-electron chi connectivity index (χ2n) is 5.16. The molecule has 0 aromatic heterocycles. The third-order valence-corrected chi connectivity index (χ3v) is 3.85. The quantitative estimate of drug-likeness (QED) is 0.543. The van der Waals surface area contributed by atoms with Crippen molar-refractivity contribution in [3.63, 3.8) is 0 Å². The van der Waals surface area contributed by atoms with E-state index in [1.165, 1.54) is 0 Å². The summed E-state index contributed by atoms with van der Waals surface area (Å²) < 4.78 is 0. The van der Waals surface area contributed by atoms with E-state index in [0.717, 1.165) is 25.7 Å². The van der Waals surface area contributed by atoms with E-state index < -0.39 is 0 Å². The highest BCUT2D eigenvalue weighted by molar-refractivity contribution is 5.36. The van der Waals surface area contributed by atoms with E-state index in [9.17, 15) is 9.59 Å². The smallest absolute Gasteiger partial charge is 0.211 e. The first kappa shape index (κ1) is 12.8. The molecule has 0 N–H and O–H groups in total. The molecule has 0 spiro atoms. The van der Waals surface area contributed by atoms with Crippen molar-refractivity contribution in [2.45, 2.75) is 57.5 Å². The van der Waals surface area contributed by atoms with Crippen LogP contribution >= 0.6 is 0 Å². The molecular weight excluding hydrogens is 204 g/mol. The first-order chi connectivity index (χ1) is 7.48. The average molecular weight is 222 g/mol. The summed E-state index contributed by atoms with van der Waals surface area (Å²) in [6.07, 6.45) is 6.42. The van der Waals surface area contributed by atoms with Gasteiger partial charge in [0.15, 0.2) is 0 Å². The van der Waals surface area contributed by atoms with E-state index in [-0.39, 0.29) is 11.1 Å². The van der Waals surface area contributed by atoms with Gasteiger partial charge >= 0.3 is 0 Å². The third kappa shape index (κ3) is 2.46. The van der Waals surface area contributed by atoms with E-state index in [4.69, 9.17) is 0 Å². The molecule has 0 heterocycles. The zero-order valence-electron chi connectivity index (χ0n) is 10.1. The fourth-order valence-electron chi connectivity index (χ4n) is 2.35. The van der Waals surface area contributed by atoms with Crippen molar-refractivity contribution in [1.29, 1.82) is 0 Å². The van der Waals surface area contributed by atoms with Crippen molar-refractivity contribution >= 4 is 12.2 Å². The summed E-state index contributed by atoms with van der Waals surface area (Å²) >= 11 is 0. The molecule has 1 aliphatic carbocycles. The topological polar surface area (TPSA) is 58.9 Å². The molecule has 0 unspecified atom stereocenters. The third-order valence-electron chi connectivity index (χ3n) is 3.85. The van der Waals surface area contributed by atoms with Crippen molar-refractivity contribution in [3.05, 3.63) is 0 Å². The first-order valence-electron chi connectivity index (χ1n) is 5.66. The number of rotatable bonds is 3. The van der Waals surface area contributed by atoms with Crippen LogP contribution in [0.25, 0.3) is 0 Å². The van der Waals surface area contributed by atoms with Gasteiger partial charge < -0.3 is 0 Å². The van der Waals surface area contributed by atoms with Gasteiger partial charge in [0.2, 0.25) is 12.2 Å². The van der Waals surface area contributed by atoms with Crippen LogP contribution in [0.5, 0.6) is 0 Å². The average Bonchev–Trinajstić information content (AvgIpc) is 2.22. The monoisotopic (exact) mass is 222 g/mol. The fraction of sp³-hybridized carbons (Fsp3) is 0.833. The molecule has 0 aromatic carbocycles. The Morgan fingerprint density at radius 3 is 1.88 bits per heavy atom.